The lowest BCUT2D eigenvalue weighted by Gasteiger charge is -2.16. The van der Waals surface area contributed by atoms with E-state index < -0.39 is 0 Å². The lowest BCUT2D eigenvalue weighted by Crippen LogP contribution is -2.25. The van der Waals surface area contributed by atoms with Crippen LogP contribution in [-0.4, -0.2) is 31.0 Å². The molecule has 6 nitrogen and oxygen atoms in total. The molecule has 0 bridgehead atoms. The summed E-state index contributed by atoms with van der Waals surface area (Å²) in [5.74, 6) is 1.93. The fourth-order valence-corrected chi connectivity index (χ4v) is 3.45. The normalized spacial score (nSPS) is 11.8. The Morgan fingerprint density at radius 3 is 2.38 bits per heavy atom. The van der Waals surface area contributed by atoms with Gasteiger partial charge in [-0.25, -0.2) is 4.39 Å². The quantitative estimate of drug-likeness (QED) is 0.408. The average molecular weight is 433 g/mol. The van der Waals surface area contributed by atoms with E-state index in [2.05, 4.69) is 15.5 Å². The molecule has 0 spiro atoms. The highest BCUT2D eigenvalue weighted by atomic mass is 19.1. The number of nitrogens with zero attached hydrogens (tertiary/aromatic N) is 2. The third-order valence-corrected chi connectivity index (χ3v) is 5.12. The number of hydrogen-bond donors (Lipinski definition) is 1. The second-order valence-corrected chi connectivity index (χ2v) is 7.19. The van der Waals surface area contributed by atoms with E-state index in [9.17, 15) is 4.39 Å². The second kappa shape index (κ2) is 10.1. The Morgan fingerprint density at radius 2 is 1.66 bits per heavy atom. The van der Waals surface area contributed by atoms with Crippen molar-refractivity contribution in [3.8, 4) is 23.0 Å². The van der Waals surface area contributed by atoms with Crippen LogP contribution in [0.5, 0.6) is 11.5 Å². The maximum atomic E-state index is 13.5. The van der Waals surface area contributed by atoms with Crippen LogP contribution >= 0.6 is 0 Å². The monoisotopic (exact) mass is 433 g/mol. The summed E-state index contributed by atoms with van der Waals surface area (Å²) in [5, 5.41) is 11.9. The molecule has 0 saturated heterocycles. The molecule has 0 aliphatic carbocycles. The minimum absolute atomic E-state index is 0.298. The Morgan fingerprint density at radius 1 is 0.906 bits per heavy atom. The standard InChI is InChI=1S/C25H24FN3O3/c1-30-21-13-8-17(16-22(21)31-2)14-15-27-23(18-9-11-20(26)12-10-18)25-29-28-24(32-25)19-6-4-3-5-7-19/h3-13,16,23,27H,14-15H2,1-2H3. The van der Waals surface area contributed by atoms with Gasteiger partial charge in [0.1, 0.15) is 11.9 Å². The van der Waals surface area contributed by atoms with E-state index in [1.54, 1.807) is 26.4 Å². The molecule has 1 atom stereocenters. The summed E-state index contributed by atoms with van der Waals surface area (Å²) in [6.07, 6.45) is 0.734. The zero-order valence-corrected chi connectivity index (χ0v) is 17.9. The summed E-state index contributed by atoms with van der Waals surface area (Å²) < 4.78 is 30.1. The number of aromatic nitrogens is 2. The third-order valence-electron chi connectivity index (χ3n) is 5.12. The zero-order chi connectivity index (χ0) is 22.3. The summed E-state index contributed by atoms with van der Waals surface area (Å²) in [5.41, 5.74) is 2.76. The smallest absolute Gasteiger partial charge is 0.247 e. The molecular weight excluding hydrogens is 409 g/mol. The minimum atomic E-state index is -0.374. The topological polar surface area (TPSA) is 69.4 Å². The molecule has 7 heteroatoms. The van der Waals surface area contributed by atoms with Crippen molar-refractivity contribution in [3.05, 3.63) is 95.6 Å². The largest absolute Gasteiger partial charge is 0.493 e. The minimum Gasteiger partial charge on any atom is -0.493 e. The van der Waals surface area contributed by atoms with Gasteiger partial charge in [-0.3, -0.25) is 0 Å². The highest BCUT2D eigenvalue weighted by Crippen LogP contribution is 2.28. The number of halogens is 1. The molecule has 0 radical (unpaired) electrons. The average Bonchev–Trinajstić information content (AvgIpc) is 3.33. The van der Waals surface area contributed by atoms with Gasteiger partial charge in [-0.05, 0) is 53.9 Å². The SMILES string of the molecule is COc1ccc(CCNC(c2ccc(F)cc2)c2nnc(-c3ccccc3)o2)cc1OC. The Hall–Kier alpha value is -3.71. The van der Waals surface area contributed by atoms with Crippen molar-refractivity contribution >= 4 is 0 Å². The first-order valence-corrected chi connectivity index (χ1v) is 10.3. The molecule has 3 aromatic carbocycles. The Bertz CT molecular complexity index is 1150. The fraction of sp³-hybridized carbons (Fsp3) is 0.200. The van der Waals surface area contributed by atoms with Crippen LogP contribution in [0.4, 0.5) is 4.39 Å². The van der Waals surface area contributed by atoms with Crippen LogP contribution in [0.3, 0.4) is 0 Å². The first kappa shape index (κ1) is 21.5. The van der Waals surface area contributed by atoms with Crippen LogP contribution in [0.2, 0.25) is 0 Å². The van der Waals surface area contributed by atoms with E-state index in [1.807, 2.05) is 48.5 Å². The van der Waals surface area contributed by atoms with Gasteiger partial charge in [0.25, 0.3) is 0 Å². The first-order valence-electron chi connectivity index (χ1n) is 10.3. The molecule has 32 heavy (non-hydrogen) atoms. The predicted molar refractivity (Wildman–Crippen MR) is 119 cm³/mol. The molecule has 1 N–H and O–H groups in total. The zero-order valence-electron chi connectivity index (χ0n) is 17.9. The van der Waals surface area contributed by atoms with Gasteiger partial charge in [0.2, 0.25) is 11.8 Å². The van der Waals surface area contributed by atoms with Crippen LogP contribution in [0.25, 0.3) is 11.5 Å². The van der Waals surface area contributed by atoms with Crippen LogP contribution in [0, 0.1) is 5.82 Å². The van der Waals surface area contributed by atoms with Crippen molar-refractivity contribution in [2.45, 2.75) is 12.5 Å². The molecule has 1 aromatic heterocycles. The fourth-order valence-electron chi connectivity index (χ4n) is 3.45. The maximum Gasteiger partial charge on any atom is 0.247 e. The number of ether oxygens (including phenoxy) is 2. The van der Waals surface area contributed by atoms with Crippen LogP contribution in [0.15, 0.2) is 77.2 Å². The molecule has 0 amide bonds. The highest BCUT2D eigenvalue weighted by molar-refractivity contribution is 5.52. The van der Waals surface area contributed by atoms with Crippen molar-refractivity contribution in [1.29, 1.82) is 0 Å². The molecule has 4 rings (SSSR count). The van der Waals surface area contributed by atoms with Crippen molar-refractivity contribution in [1.82, 2.24) is 15.5 Å². The predicted octanol–water partition coefficient (Wildman–Crippen LogP) is 4.81. The van der Waals surface area contributed by atoms with Gasteiger partial charge < -0.3 is 19.2 Å². The molecule has 4 aromatic rings. The van der Waals surface area contributed by atoms with Crippen molar-refractivity contribution in [2.75, 3.05) is 20.8 Å². The molecule has 0 aliphatic heterocycles. The molecular formula is C25H24FN3O3. The summed E-state index contributed by atoms with van der Waals surface area (Å²) >= 11 is 0. The summed E-state index contributed by atoms with van der Waals surface area (Å²) in [6, 6.07) is 21.3. The Kier molecular flexibility index (Phi) is 6.77. The summed E-state index contributed by atoms with van der Waals surface area (Å²) in [4.78, 5) is 0. The second-order valence-electron chi connectivity index (χ2n) is 7.19. The number of rotatable bonds is 9. The van der Waals surface area contributed by atoms with E-state index in [-0.39, 0.29) is 11.9 Å². The molecule has 164 valence electrons. The summed E-state index contributed by atoms with van der Waals surface area (Å²) in [7, 11) is 3.23. The van der Waals surface area contributed by atoms with Gasteiger partial charge in [-0.1, -0.05) is 36.4 Å². The third kappa shape index (κ3) is 4.95. The van der Waals surface area contributed by atoms with Gasteiger partial charge in [0.05, 0.1) is 14.2 Å². The number of nitrogens with one attached hydrogen (secondary N) is 1. The number of hydrogen-bond acceptors (Lipinski definition) is 6. The van der Waals surface area contributed by atoms with Gasteiger partial charge in [0, 0.05) is 12.1 Å². The lowest BCUT2D eigenvalue weighted by molar-refractivity contribution is 0.354. The molecule has 0 aliphatic rings. The van der Waals surface area contributed by atoms with Gasteiger partial charge in [0.15, 0.2) is 11.5 Å². The van der Waals surface area contributed by atoms with Gasteiger partial charge in [-0.15, -0.1) is 10.2 Å². The molecule has 1 unspecified atom stereocenters. The number of benzene rings is 3. The van der Waals surface area contributed by atoms with E-state index in [4.69, 9.17) is 13.9 Å². The van der Waals surface area contributed by atoms with E-state index in [1.165, 1.54) is 12.1 Å². The van der Waals surface area contributed by atoms with Crippen molar-refractivity contribution < 1.29 is 18.3 Å². The van der Waals surface area contributed by atoms with Gasteiger partial charge in [-0.2, -0.15) is 0 Å². The van der Waals surface area contributed by atoms with Gasteiger partial charge >= 0.3 is 0 Å². The van der Waals surface area contributed by atoms with Crippen molar-refractivity contribution in [3.63, 3.8) is 0 Å². The molecule has 0 fully saturated rings. The van der Waals surface area contributed by atoms with Crippen LogP contribution in [-0.2, 0) is 6.42 Å². The van der Waals surface area contributed by atoms with E-state index >= 15 is 0 Å². The Labute approximate surface area is 186 Å². The van der Waals surface area contributed by atoms with E-state index in [0.717, 1.165) is 23.1 Å². The van der Waals surface area contributed by atoms with Crippen molar-refractivity contribution in [2.24, 2.45) is 0 Å². The van der Waals surface area contributed by atoms with Crippen LogP contribution < -0.4 is 14.8 Å². The summed E-state index contributed by atoms with van der Waals surface area (Å²) in [6.45, 7) is 0.626. The lowest BCUT2D eigenvalue weighted by atomic mass is 10.1. The molecule has 0 saturated carbocycles. The number of methoxy groups -OCH3 is 2. The molecule has 1 heterocycles. The highest BCUT2D eigenvalue weighted by Gasteiger charge is 2.21. The maximum absolute atomic E-state index is 13.5. The van der Waals surface area contributed by atoms with E-state index in [0.29, 0.717) is 29.8 Å². The first-order chi connectivity index (χ1) is 15.7. The van der Waals surface area contributed by atoms with Crippen LogP contribution in [0.1, 0.15) is 23.1 Å². The Balaban J connectivity index is 1.53.